The number of aliphatic carboxylic acids is 1. The molecule has 1 N–H and O–H groups in total. The molecule has 19 heavy (non-hydrogen) atoms. The number of aryl methyl sites for hydroxylation is 2. The van der Waals surface area contributed by atoms with E-state index in [2.05, 4.69) is 5.16 Å². The first-order valence-corrected chi connectivity index (χ1v) is 7.38. The fourth-order valence-corrected chi connectivity index (χ4v) is 4.52. The van der Waals surface area contributed by atoms with Gasteiger partial charge in [-0.15, -0.1) is 0 Å². The van der Waals surface area contributed by atoms with E-state index in [4.69, 9.17) is 9.63 Å². The smallest absolute Gasteiger partial charge is 0.308 e. The summed E-state index contributed by atoms with van der Waals surface area (Å²) in [6.07, 6.45) is 0.319. The van der Waals surface area contributed by atoms with E-state index in [0.29, 0.717) is 12.1 Å². The second kappa shape index (κ2) is 4.61. The first kappa shape index (κ1) is 14.0. The molecule has 0 bridgehead atoms. The summed E-state index contributed by atoms with van der Waals surface area (Å²) in [4.78, 5) is 11.1. The molecule has 0 amide bonds. The number of rotatable bonds is 3. The van der Waals surface area contributed by atoms with Crippen LogP contribution >= 0.6 is 0 Å². The first-order valence-electron chi connectivity index (χ1n) is 5.94. The van der Waals surface area contributed by atoms with Crippen molar-refractivity contribution in [2.75, 3.05) is 6.54 Å². The van der Waals surface area contributed by atoms with Gasteiger partial charge in [-0.3, -0.25) is 4.79 Å². The zero-order chi connectivity index (χ0) is 14.4. The second-order valence-electron chi connectivity index (χ2n) is 4.74. The molecule has 0 spiro atoms. The highest BCUT2D eigenvalue weighted by molar-refractivity contribution is 7.89. The van der Waals surface area contributed by atoms with Crippen molar-refractivity contribution in [3.05, 3.63) is 11.5 Å². The summed E-state index contributed by atoms with van der Waals surface area (Å²) in [7, 11) is -3.76. The van der Waals surface area contributed by atoms with Gasteiger partial charge in [0, 0.05) is 12.6 Å². The topological polar surface area (TPSA) is 101 Å². The van der Waals surface area contributed by atoms with Gasteiger partial charge in [-0.05, 0) is 27.2 Å². The molecule has 2 heterocycles. The van der Waals surface area contributed by atoms with Crippen LogP contribution in [0.3, 0.4) is 0 Å². The average molecular weight is 288 g/mol. The van der Waals surface area contributed by atoms with Gasteiger partial charge in [-0.2, -0.15) is 4.31 Å². The lowest BCUT2D eigenvalue weighted by Gasteiger charge is -2.22. The van der Waals surface area contributed by atoms with Crippen molar-refractivity contribution in [2.45, 2.75) is 38.1 Å². The predicted molar refractivity (Wildman–Crippen MR) is 65.1 cm³/mol. The highest BCUT2D eigenvalue weighted by atomic mass is 32.2. The molecule has 1 saturated heterocycles. The van der Waals surface area contributed by atoms with Gasteiger partial charge < -0.3 is 9.63 Å². The van der Waals surface area contributed by atoms with Crippen LogP contribution in [0, 0.1) is 19.8 Å². The Morgan fingerprint density at radius 1 is 1.47 bits per heavy atom. The fraction of sp³-hybridized carbons (Fsp3) is 0.636. The van der Waals surface area contributed by atoms with E-state index >= 15 is 0 Å². The highest BCUT2D eigenvalue weighted by Crippen LogP contribution is 2.32. The van der Waals surface area contributed by atoms with Crippen LogP contribution in [0.1, 0.15) is 24.8 Å². The summed E-state index contributed by atoms with van der Waals surface area (Å²) in [5.74, 6) is -1.41. The van der Waals surface area contributed by atoms with E-state index in [0.717, 1.165) is 0 Å². The molecule has 7 nitrogen and oxygen atoms in total. The minimum atomic E-state index is -3.76. The van der Waals surface area contributed by atoms with Crippen LogP contribution in [0.25, 0.3) is 0 Å². The Labute approximate surface area is 111 Å². The lowest BCUT2D eigenvalue weighted by Crippen LogP contribution is -2.38. The number of carbonyl (C=O) groups is 1. The van der Waals surface area contributed by atoms with Gasteiger partial charge >= 0.3 is 5.97 Å². The molecule has 0 radical (unpaired) electrons. The number of aromatic nitrogens is 1. The van der Waals surface area contributed by atoms with Crippen LogP contribution in [0.15, 0.2) is 9.42 Å². The minimum Gasteiger partial charge on any atom is -0.481 e. The molecular weight excluding hydrogens is 272 g/mol. The fourth-order valence-electron chi connectivity index (χ4n) is 2.54. The summed E-state index contributed by atoms with van der Waals surface area (Å²) in [6, 6.07) is -0.573. The summed E-state index contributed by atoms with van der Waals surface area (Å²) in [5.41, 5.74) is 0.295. The van der Waals surface area contributed by atoms with Gasteiger partial charge in [0.1, 0.15) is 10.6 Å². The SMILES string of the molecule is Cc1noc(C)c1S(=O)(=O)N1CCC(C(=O)O)C1C. The maximum Gasteiger partial charge on any atom is 0.308 e. The van der Waals surface area contributed by atoms with Crippen LogP contribution in [-0.2, 0) is 14.8 Å². The lowest BCUT2D eigenvalue weighted by molar-refractivity contribution is -0.142. The zero-order valence-electron chi connectivity index (χ0n) is 11.0. The third-order valence-electron chi connectivity index (χ3n) is 3.55. The maximum atomic E-state index is 12.5. The third-order valence-corrected chi connectivity index (χ3v) is 5.78. The number of nitrogens with zero attached hydrogens (tertiary/aromatic N) is 2. The molecule has 1 aliphatic heterocycles. The molecule has 2 rings (SSSR count). The van der Waals surface area contributed by atoms with E-state index in [9.17, 15) is 13.2 Å². The first-order chi connectivity index (χ1) is 8.76. The molecule has 8 heteroatoms. The Hall–Kier alpha value is -1.41. The number of hydrogen-bond acceptors (Lipinski definition) is 5. The molecule has 106 valence electrons. The van der Waals surface area contributed by atoms with Crippen LogP contribution < -0.4 is 0 Å². The second-order valence-corrected chi connectivity index (χ2v) is 6.57. The summed E-state index contributed by atoms with van der Waals surface area (Å²) < 4.78 is 31.2. The van der Waals surface area contributed by atoms with Gasteiger partial charge in [-0.1, -0.05) is 5.16 Å². The standard InChI is InChI=1S/C11H16N2O5S/c1-6-10(8(3)18-12-6)19(16,17)13-5-4-9(7(13)2)11(14)15/h7,9H,4-5H2,1-3H3,(H,14,15). The quantitative estimate of drug-likeness (QED) is 0.881. The van der Waals surface area contributed by atoms with Gasteiger partial charge in [-0.25, -0.2) is 8.42 Å². The third kappa shape index (κ3) is 2.14. The molecule has 0 aromatic carbocycles. The van der Waals surface area contributed by atoms with Crippen molar-refractivity contribution < 1.29 is 22.8 Å². The van der Waals surface area contributed by atoms with Gasteiger partial charge in [0.05, 0.1) is 5.92 Å². The van der Waals surface area contributed by atoms with Crippen molar-refractivity contribution in [2.24, 2.45) is 5.92 Å². The Kier molecular flexibility index (Phi) is 3.40. The highest BCUT2D eigenvalue weighted by Gasteiger charge is 2.43. The molecule has 2 unspecified atom stereocenters. The van der Waals surface area contributed by atoms with Crippen LogP contribution in [0.4, 0.5) is 0 Å². The molecule has 1 fully saturated rings. The Bertz CT molecular complexity index is 587. The van der Waals surface area contributed by atoms with Crippen LogP contribution in [0.5, 0.6) is 0 Å². The minimum absolute atomic E-state index is 0.0467. The predicted octanol–water partition coefficient (Wildman–Crippen LogP) is 0.775. The Balaban J connectivity index is 2.40. The normalized spacial score (nSPS) is 24.8. The maximum absolute atomic E-state index is 12.5. The monoisotopic (exact) mass is 288 g/mol. The number of carboxylic acids is 1. The van der Waals surface area contributed by atoms with Crippen molar-refractivity contribution in [3.63, 3.8) is 0 Å². The largest absolute Gasteiger partial charge is 0.481 e. The van der Waals surface area contributed by atoms with E-state index < -0.39 is 28.0 Å². The molecule has 1 aliphatic rings. The Morgan fingerprint density at radius 3 is 2.53 bits per heavy atom. The van der Waals surface area contributed by atoms with E-state index in [-0.39, 0.29) is 17.2 Å². The number of sulfonamides is 1. The van der Waals surface area contributed by atoms with Crippen molar-refractivity contribution in [1.29, 1.82) is 0 Å². The van der Waals surface area contributed by atoms with E-state index in [1.165, 1.54) is 11.2 Å². The van der Waals surface area contributed by atoms with E-state index in [1.807, 2.05) is 0 Å². The molecule has 1 aromatic heterocycles. The molecular formula is C11H16N2O5S. The van der Waals surface area contributed by atoms with Crippen LogP contribution in [-0.4, -0.2) is 41.5 Å². The molecule has 1 aromatic rings. The van der Waals surface area contributed by atoms with Gasteiger partial charge in [0.2, 0.25) is 10.0 Å². The number of carboxylic acid groups (broad SMARTS) is 1. The molecule has 0 saturated carbocycles. The Morgan fingerprint density at radius 2 is 2.11 bits per heavy atom. The average Bonchev–Trinajstić information content (AvgIpc) is 2.82. The summed E-state index contributed by atoms with van der Waals surface area (Å²) >= 11 is 0. The van der Waals surface area contributed by atoms with Crippen molar-refractivity contribution in [3.8, 4) is 0 Å². The molecule has 2 atom stereocenters. The summed E-state index contributed by atoms with van der Waals surface area (Å²) in [6.45, 7) is 4.90. The zero-order valence-corrected chi connectivity index (χ0v) is 11.8. The number of hydrogen-bond donors (Lipinski definition) is 1. The van der Waals surface area contributed by atoms with Crippen molar-refractivity contribution >= 4 is 16.0 Å². The van der Waals surface area contributed by atoms with Gasteiger partial charge in [0.25, 0.3) is 0 Å². The summed E-state index contributed by atoms with van der Waals surface area (Å²) in [5, 5.41) is 12.7. The lowest BCUT2D eigenvalue weighted by atomic mass is 10.0. The molecule has 0 aliphatic carbocycles. The van der Waals surface area contributed by atoms with E-state index in [1.54, 1.807) is 13.8 Å². The van der Waals surface area contributed by atoms with Crippen molar-refractivity contribution in [1.82, 2.24) is 9.46 Å². The van der Waals surface area contributed by atoms with Gasteiger partial charge in [0.15, 0.2) is 5.76 Å². The van der Waals surface area contributed by atoms with Crippen LogP contribution in [0.2, 0.25) is 0 Å².